The van der Waals surface area contributed by atoms with Crippen LogP contribution in [0.5, 0.6) is 0 Å². The fourth-order valence-electron chi connectivity index (χ4n) is 1.96. The van der Waals surface area contributed by atoms with E-state index in [-0.39, 0.29) is 10.9 Å². The first kappa shape index (κ1) is 16.7. The van der Waals surface area contributed by atoms with Crippen LogP contribution in [0.2, 0.25) is 0 Å². The Morgan fingerprint density at radius 3 is 2.55 bits per heavy atom. The van der Waals surface area contributed by atoms with E-state index in [1.165, 1.54) is 12.1 Å². The molecule has 0 aliphatic heterocycles. The van der Waals surface area contributed by atoms with Gasteiger partial charge < -0.3 is 0 Å². The Morgan fingerprint density at radius 2 is 1.95 bits per heavy atom. The van der Waals surface area contributed by atoms with Crippen molar-refractivity contribution in [2.45, 2.75) is 51.0 Å². The van der Waals surface area contributed by atoms with Gasteiger partial charge in [-0.25, -0.2) is 13.1 Å². The number of nitrogens with zero attached hydrogens (tertiary/aromatic N) is 1. The number of benzene rings is 1. The molecular formula is C15H22N2O2S. The van der Waals surface area contributed by atoms with Gasteiger partial charge >= 0.3 is 0 Å². The Balaban J connectivity index is 2.67. The van der Waals surface area contributed by atoms with Gasteiger partial charge in [0.25, 0.3) is 0 Å². The van der Waals surface area contributed by atoms with Gasteiger partial charge in [-0.15, -0.1) is 0 Å². The van der Waals surface area contributed by atoms with E-state index in [0.29, 0.717) is 11.5 Å². The molecule has 0 radical (unpaired) electrons. The summed E-state index contributed by atoms with van der Waals surface area (Å²) in [6.45, 7) is 6.18. The van der Waals surface area contributed by atoms with Crippen molar-refractivity contribution in [3.8, 4) is 6.07 Å². The van der Waals surface area contributed by atoms with E-state index in [1.54, 1.807) is 12.1 Å². The van der Waals surface area contributed by atoms with Crippen molar-refractivity contribution in [2.75, 3.05) is 0 Å². The van der Waals surface area contributed by atoms with Crippen molar-refractivity contribution in [1.29, 1.82) is 5.26 Å². The van der Waals surface area contributed by atoms with E-state index in [2.05, 4.69) is 18.6 Å². The molecule has 0 aromatic heterocycles. The first-order valence-corrected chi connectivity index (χ1v) is 8.36. The molecule has 1 aromatic rings. The van der Waals surface area contributed by atoms with Gasteiger partial charge in [0.2, 0.25) is 10.0 Å². The Morgan fingerprint density at radius 1 is 1.25 bits per heavy atom. The van der Waals surface area contributed by atoms with Gasteiger partial charge in [-0.1, -0.05) is 32.8 Å². The summed E-state index contributed by atoms with van der Waals surface area (Å²) in [5, 5.41) is 8.81. The first-order chi connectivity index (χ1) is 9.35. The van der Waals surface area contributed by atoms with Crippen LogP contribution in [0.3, 0.4) is 0 Å². The molecule has 1 N–H and O–H groups in total. The van der Waals surface area contributed by atoms with Crippen molar-refractivity contribution >= 4 is 10.0 Å². The lowest BCUT2D eigenvalue weighted by Crippen LogP contribution is -2.32. The van der Waals surface area contributed by atoms with Gasteiger partial charge in [-0.05, 0) is 37.5 Å². The van der Waals surface area contributed by atoms with Crippen molar-refractivity contribution in [1.82, 2.24) is 4.72 Å². The summed E-state index contributed by atoms with van der Waals surface area (Å²) in [4.78, 5) is 0.146. The molecule has 0 saturated carbocycles. The average molecular weight is 294 g/mol. The van der Waals surface area contributed by atoms with Crippen LogP contribution in [0, 0.1) is 17.2 Å². The summed E-state index contributed by atoms with van der Waals surface area (Å²) < 4.78 is 27.0. The van der Waals surface area contributed by atoms with E-state index < -0.39 is 10.0 Å². The molecule has 4 nitrogen and oxygen atoms in total. The topological polar surface area (TPSA) is 70.0 Å². The number of rotatable bonds is 7. The molecule has 110 valence electrons. The van der Waals surface area contributed by atoms with E-state index >= 15 is 0 Å². The molecule has 0 bridgehead atoms. The second-order valence-electron chi connectivity index (χ2n) is 5.49. The van der Waals surface area contributed by atoms with Gasteiger partial charge in [0, 0.05) is 6.04 Å². The maximum atomic E-state index is 12.2. The zero-order chi connectivity index (χ0) is 15.2. The third-order valence-corrected chi connectivity index (χ3v) is 4.64. The number of sulfonamides is 1. The van der Waals surface area contributed by atoms with Gasteiger partial charge in [-0.3, -0.25) is 0 Å². The summed E-state index contributed by atoms with van der Waals surface area (Å²) in [7, 11) is -3.54. The second kappa shape index (κ2) is 7.41. The Bertz CT molecular complexity index is 574. The molecule has 20 heavy (non-hydrogen) atoms. The smallest absolute Gasteiger partial charge is 0.208 e. The molecule has 1 aromatic carbocycles. The van der Waals surface area contributed by atoms with E-state index in [0.717, 1.165) is 19.3 Å². The molecule has 1 unspecified atom stereocenters. The maximum Gasteiger partial charge on any atom is 0.240 e. The second-order valence-corrected chi connectivity index (χ2v) is 7.20. The maximum absolute atomic E-state index is 12.2. The molecule has 0 aliphatic rings. The van der Waals surface area contributed by atoms with E-state index in [9.17, 15) is 8.42 Å². The Kier molecular flexibility index (Phi) is 6.18. The minimum Gasteiger partial charge on any atom is -0.208 e. The van der Waals surface area contributed by atoms with Crippen molar-refractivity contribution in [3.05, 3.63) is 29.8 Å². The SMILES string of the molecule is CC(C)CCCC(C)NS(=O)(=O)c1cccc(C#N)c1. The lowest BCUT2D eigenvalue weighted by Gasteiger charge is -2.15. The van der Waals surface area contributed by atoms with Crippen LogP contribution in [0.15, 0.2) is 29.2 Å². The number of nitriles is 1. The highest BCUT2D eigenvalue weighted by molar-refractivity contribution is 7.89. The molecular weight excluding hydrogens is 272 g/mol. The average Bonchev–Trinajstić information content (AvgIpc) is 2.37. The fourth-order valence-corrected chi connectivity index (χ4v) is 3.28. The molecule has 0 heterocycles. The molecule has 1 atom stereocenters. The van der Waals surface area contributed by atoms with Gasteiger partial charge in [0.15, 0.2) is 0 Å². The fraction of sp³-hybridized carbons (Fsp3) is 0.533. The molecule has 0 fully saturated rings. The minimum atomic E-state index is -3.54. The van der Waals surface area contributed by atoms with Crippen LogP contribution in [-0.4, -0.2) is 14.5 Å². The number of hydrogen-bond donors (Lipinski definition) is 1. The van der Waals surface area contributed by atoms with Gasteiger partial charge in [0.05, 0.1) is 16.5 Å². The first-order valence-electron chi connectivity index (χ1n) is 6.87. The minimum absolute atomic E-state index is 0.107. The Hall–Kier alpha value is -1.38. The van der Waals surface area contributed by atoms with Crippen molar-refractivity contribution in [3.63, 3.8) is 0 Å². The molecule has 5 heteroatoms. The highest BCUT2D eigenvalue weighted by Gasteiger charge is 2.17. The van der Waals surface area contributed by atoms with Crippen LogP contribution >= 0.6 is 0 Å². The number of hydrogen-bond acceptors (Lipinski definition) is 3. The van der Waals surface area contributed by atoms with Crippen LogP contribution in [0.4, 0.5) is 0 Å². The van der Waals surface area contributed by atoms with Gasteiger partial charge in [0.1, 0.15) is 0 Å². The largest absolute Gasteiger partial charge is 0.240 e. The summed E-state index contributed by atoms with van der Waals surface area (Å²) in [6, 6.07) is 7.90. The third kappa shape index (κ3) is 5.32. The van der Waals surface area contributed by atoms with E-state index in [1.807, 2.05) is 13.0 Å². The molecule has 0 spiro atoms. The van der Waals surface area contributed by atoms with Crippen LogP contribution < -0.4 is 4.72 Å². The predicted molar refractivity (Wildman–Crippen MR) is 79.6 cm³/mol. The van der Waals surface area contributed by atoms with Crippen LogP contribution in [-0.2, 0) is 10.0 Å². The standard InChI is InChI=1S/C15H22N2O2S/c1-12(2)6-4-7-13(3)17-20(18,19)15-9-5-8-14(10-15)11-16/h5,8-10,12-13,17H,4,6-7H2,1-3H3. The lowest BCUT2D eigenvalue weighted by atomic mass is 10.0. The monoisotopic (exact) mass is 294 g/mol. The number of nitrogens with one attached hydrogen (secondary N) is 1. The lowest BCUT2D eigenvalue weighted by molar-refractivity contribution is 0.488. The predicted octanol–water partition coefficient (Wildman–Crippen LogP) is 3.05. The van der Waals surface area contributed by atoms with Crippen molar-refractivity contribution < 1.29 is 8.42 Å². The quantitative estimate of drug-likeness (QED) is 0.840. The van der Waals surface area contributed by atoms with Crippen LogP contribution in [0.25, 0.3) is 0 Å². The summed E-state index contributed by atoms with van der Waals surface area (Å²) >= 11 is 0. The highest BCUT2D eigenvalue weighted by Crippen LogP contribution is 2.13. The summed E-state index contributed by atoms with van der Waals surface area (Å²) in [5.74, 6) is 0.631. The Labute approximate surface area is 121 Å². The normalized spacial score (nSPS) is 13.2. The third-order valence-electron chi connectivity index (χ3n) is 3.05. The molecule has 0 aliphatic carbocycles. The van der Waals surface area contributed by atoms with Crippen LogP contribution in [0.1, 0.15) is 45.6 Å². The highest BCUT2D eigenvalue weighted by atomic mass is 32.2. The molecule has 1 rings (SSSR count). The summed E-state index contributed by atoms with van der Waals surface area (Å²) in [6.07, 6.45) is 2.91. The summed E-state index contributed by atoms with van der Waals surface area (Å²) in [5.41, 5.74) is 0.348. The van der Waals surface area contributed by atoms with E-state index in [4.69, 9.17) is 5.26 Å². The zero-order valence-electron chi connectivity index (χ0n) is 12.3. The zero-order valence-corrected chi connectivity index (χ0v) is 13.1. The molecule has 0 amide bonds. The molecule has 0 saturated heterocycles. The van der Waals surface area contributed by atoms with Crippen molar-refractivity contribution in [2.24, 2.45) is 5.92 Å². The van der Waals surface area contributed by atoms with Gasteiger partial charge in [-0.2, -0.15) is 5.26 Å².